The lowest BCUT2D eigenvalue weighted by atomic mass is 11.0. The minimum absolute atomic E-state index is 0.375. The molecule has 0 atom stereocenters. The number of nitrogen functional groups attached to an aromatic ring is 1. The van der Waals surface area contributed by atoms with Crippen molar-refractivity contribution in [2.45, 2.75) is 13.8 Å². The van der Waals surface area contributed by atoms with Gasteiger partial charge in [0.2, 0.25) is 5.95 Å². The Morgan fingerprint density at radius 2 is 1.80 bits per heavy atom. The van der Waals surface area contributed by atoms with Crippen LogP contribution in [0.2, 0.25) is 0 Å². The lowest BCUT2D eigenvalue weighted by Crippen LogP contribution is -2.09. The smallest absolute Gasteiger partial charge is 0.240 e. The molecule has 0 fully saturated rings. The van der Waals surface area contributed by atoms with Gasteiger partial charge in [-0.15, -0.1) is 0 Å². The van der Waals surface area contributed by atoms with Crippen LogP contribution in [-0.2, 0) is 0 Å². The molecule has 1 aromatic rings. The summed E-state index contributed by atoms with van der Waals surface area (Å²) in [7, 11) is 0. The van der Waals surface area contributed by atoms with Crippen LogP contribution in [0.25, 0.3) is 0 Å². The van der Waals surface area contributed by atoms with Crippen molar-refractivity contribution in [3.63, 3.8) is 0 Å². The Labute approximate surface area is 59.7 Å². The van der Waals surface area contributed by atoms with Crippen LogP contribution in [0, 0.1) is 0 Å². The molecule has 0 saturated heterocycles. The fourth-order valence-corrected chi connectivity index (χ4v) is 0.314. The number of nitrogens with zero attached hydrogens (tertiary/aromatic N) is 3. The topological polar surface area (TPSA) is 76.7 Å². The summed E-state index contributed by atoms with van der Waals surface area (Å²) in [6, 6.07) is 0. The van der Waals surface area contributed by atoms with Crippen molar-refractivity contribution in [3.05, 3.63) is 12.7 Å². The van der Waals surface area contributed by atoms with Gasteiger partial charge in [-0.3, -0.25) is 5.43 Å². The fraction of sp³-hybridized carbons (Fsp3) is 0.400. The first kappa shape index (κ1) is 8.77. The molecule has 56 valence electrons. The number of aromatic nitrogens is 3. The first-order valence-electron chi connectivity index (χ1n) is 3.02. The van der Waals surface area contributed by atoms with Crippen molar-refractivity contribution in [2.24, 2.45) is 5.84 Å². The van der Waals surface area contributed by atoms with E-state index in [4.69, 9.17) is 5.84 Å². The molecule has 0 aliphatic carbocycles. The van der Waals surface area contributed by atoms with Crippen LogP contribution in [0.1, 0.15) is 13.8 Å². The minimum Gasteiger partial charge on any atom is -0.292 e. The molecule has 0 radical (unpaired) electrons. The molecule has 1 heterocycles. The standard InChI is InChI=1S/C3H5N5.C2H6/c4-8-3-6-1-5-2-7-3;1-2/h1-2H,4H2,(H,5,6,7,8);1-2H3. The Bertz CT molecular complexity index is 151. The highest BCUT2D eigenvalue weighted by molar-refractivity contribution is 5.16. The molecule has 0 unspecified atom stereocenters. The Morgan fingerprint density at radius 3 is 2.10 bits per heavy atom. The predicted molar refractivity (Wildman–Crippen MR) is 39.0 cm³/mol. The van der Waals surface area contributed by atoms with Gasteiger partial charge in [0.1, 0.15) is 12.7 Å². The summed E-state index contributed by atoms with van der Waals surface area (Å²) in [4.78, 5) is 10.9. The number of anilines is 1. The summed E-state index contributed by atoms with van der Waals surface area (Å²) in [6.45, 7) is 4.00. The highest BCUT2D eigenvalue weighted by Gasteiger charge is 1.82. The highest BCUT2D eigenvalue weighted by Crippen LogP contribution is 1.84. The first-order valence-corrected chi connectivity index (χ1v) is 3.02. The number of hydrogen-bond donors (Lipinski definition) is 2. The second kappa shape index (κ2) is 5.90. The summed E-state index contributed by atoms with van der Waals surface area (Å²) < 4.78 is 0. The van der Waals surface area contributed by atoms with Gasteiger partial charge < -0.3 is 0 Å². The predicted octanol–water partition coefficient (Wildman–Crippen LogP) is 0.183. The minimum atomic E-state index is 0.375. The Hall–Kier alpha value is -1.23. The van der Waals surface area contributed by atoms with Crippen molar-refractivity contribution < 1.29 is 0 Å². The van der Waals surface area contributed by atoms with E-state index < -0.39 is 0 Å². The molecule has 0 amide bonds. The average molecular weight is 141 g/mol. The highest BCUT2D eigenvalue weighted by atomic mass is 15.3. The molecule has 0 saturated carbocycles. The van der Waals surface area contributed by atoms with E-state index in [1.807, 2.05) is 13.8 Å². The number of nitrogens with one attached hydrogen (secondary N) is 1. The van der Waals surface area contributed by atoms with Crippen molar-refractivity contribution in [1.82, 2.24) is 15.0 Å². The average Bonchev–Trinajstić information content (AvgIpc) is 2.10. The normalized spacial score (nSPS) is 7.50. The maximum Gasteiger partial charge on any atom is 0.240 e. The maximum atomic E-state index is 4.95. The molecule has 1 rings (SSSR count). The van der Waals surface area contributed by atoms with E-state index in [1.165, 1.54) is 12.7 Å². The van der Waals surface area contributed by atoms with Gasteiger partial charge in [0.05, 0.1) is 0 Å². The molecule has 5 nitrogen and oxygen atoms in total. The second-order valence-electron chi connectivity index (χ2n) is 1.11. The van der Waals surface area contributed by atoms with Crippen LogP contribution in [0.15, 0.2) is 12.7 Å². The zero-order valence-electron chi connectivity index (χ0n) is 6.07. The molecule has 0 aliphatic rings. The summed E-state index contributed by atoms with van der Waals surface area (Å²) in [5.41, 5.74) is 2.26. The second-order valence-corrected chi connectivity index (χ2v) is 1.11. The maximum absolute atomic E-state index is 4.95. The number of hydrazine groups is 1. The van der Waals surface area contributed by atoms with Crippen LogP contribution in [0.3, 0.4) is 0 Å². The van der Waals surface area contributed by atoms with Crippen molar-refractivity contribution in [3.8, 4) is 0 Å². The summed E-state index contributed by atoms with van der Waals surface area (Å²) in [5.74, 6) is 5.32. The van der Waals surface area contributed by atoms with Gasteiger partial charge in [-0.05, 0) is 0 Å². The largest absolute Gasteiger partial charge is 0.292 e. The van der Waals surface area contributed by atoms with E-state index in [-0.39, 0.29) is 0 Å². The van der Waals surface area contributed by atoms with E-state index >= 15 is 0 Å². The van der Waals surface area contributed by atoms with E-state index in [0.29, 0.717) is 5.95 Å². The Kier molecular flexibility index (Phi) is 5.17. The van der Waals surface area contributed by atoms with Gasteiger partial charge >= 0.3 is 0 Å². The molecule has 0 bridgehead atoms. The van der Waals surface area contributed by atoms with Gasteiger partial charge in [0.15, 0.2) is 0 Å². The lowest BCUT2D eigenvalue weighted by molar-refractivity contribution is 1.03. The number of hydrogen-bond acceptors (Lipinski definition) is 5. The Balaban J connectivity index is 0.000000371. The first-order chi connectivity index (χ1) is 4.93. The fourth-order valence-electron chi connectivity index (χ4n) is 0.314. The van der Waals surface area contributed by atoms with E-state index in [0.717, 1.165) is 0 Å². The van der Waals surface area contributed by atoms with Crippen LogP contribution in [0.5, 0.6) is 0 Å². The van der Waals surface area contributed by atoms with Crippen molar-refractivity contribution in [1.29, 1.82) is 0 Å². The quantitative estimate of drug-likeness (QED) is 0.431. The molecule has 5 heteroatoms. The summed E-state index contributed by atoms with van der Waals surface area (Å²) >= 11 is 0. The van der Waals surface area contributed by atoms with Crippen LogP contribution < -0.4 is 11.3 Å². The molecular weight excluding hydrogens is 130 g/mol. The third-order valence-electron chi connectivity index (χ3n) is 0.622. The van der Waals surface area contributed by atoms with Crippen LogP contribution in [-0.4, -0.2) is 15.0 Å². The van der Waals surface area contributed by atoms with Gasteiger partial charge in [0, 0.05) is 0 Å². The van der Waals surface area contributed by atoms with E-state index in [2.05, 4.69) is 20.4 Å². The third kappa shape index (κ3) is 2.93. The zero-order chi connectivity index (χ0) is 7.82. The van der Waals surface area contributed by atoms with Crippen molar-refractivity contribution in [2.75, 3.05) is 5.43 Å². The van der Waals surface area contributed by atoms with Gasteiger partial charge in [-0.25, -0.2) is 20.8 Å². The molecule has 1 aromatic heterocycles. The van der Waals surface area contributed by atoms with Gasteiger partial charge in [-0.1, -0.05) is 13.8 Å². The molecule has 10 heavy (non-hydrogen) atoms. The summed E-state index contributed by atoms with van der Waals surface area (Å²) in [5, 5.41) is 0. The molecule has 3 N–H and O–H groups in total. The Morgan fingerprint density at radius 1 is 1.30 bits per heavy atom. The molecule has 0 spiro atoms. The van der Waals surface area contributed by atoms with Gasteiger partial charge in [0.25, 0.3) is 0 Å². The SMILES string of the molecule is CC.NNc1ncncn1. The number of rotatable bonds is 1. The zero-order valence-corrected chi connectivity index (χ0v) is 6.07. The lowest BCUT2D eigenvalue weighted by Gasteiger charge is -1.90. The number of nitrogens with two attached hydrogens (primary N) is 1. The van der Waals surface area contributed by atoms with Gasteiger partial charge in [-0.2, -0.15) is 0 Å². The third-order valence-corrected chi connectivity index (χ3v) is 0.622. The molecular formula is C5H11N5. The van der Waals surface area contributed by atoms with Crippen LogP contribution >= 0.6 is 0 Å². The molecule has 0 aromatic carbocycles. The van der Waals surface area contributed by atoms with E-state index in [1.54, 1.807) is 0 Å². The van der Waals surface area contributed by atoms with Crippen LogP contribution in [0.4, 0.5) is 5.95 Å². The monoisotopic (exact) mass is 141 g/mol. The van der Waals surface area contributed by atoms with Crippen molar-refractivity contribution >= 4 is 5.95 Å². The summed E-state index contributed by atoms with van der Waals surface area (Å²) in [6.07, 6.45) is 2.73. The van der Waals surface area contributed by atoms with E-state index in [9.17, 15) is 0 Å². The molecule has 0 aliphatic heterocycles.